The summed E-state index contributed by atoms with van der Waals surface area (Å²) in [7, 11) is 0. The van der Waals surface area contributed by atoms with Gasteiger partial charge in [0.25, 0.3) is 0 Å². The lowest BCUT2D eigenvalue weighted by Gasteiger charge is -2.32. The zero-order valence-electron chi connectivity index (χ0n) is 11.1. The van der Waals surface area contributed by atoms with E-state index in [-0.39, 0.29) is 5.41 Å². The van der Waals surface area contributed by atoms with Crippen LogP contribution < -0.4 is 4.74 Å². The van der Waals surface area contributed by atoms with Gasteiger partial charge in [-0.1, -0.05) is 33.3 Å². The van der Waals surface area contributed by atoms with Crippen LogP contribution in [0.25, 0.3) is 0 Å². The summed E-state index contributed by atoms with van der Waals surface area (Å²) in [5.41, 5.74) is 1.63. The first kappa shape index (κ1) is 12.8. The Morgan fingerprint density at radius 2 is 2.18 bits per heavy atom. The zero-order chi connectivity index (χ0) is 12.3. The average molecular weight is 250 g/mol. The molecule has 0 radical (unpaired) electrons. The Morgan fingerprint density at radius 1 is 1.35 bits per heavy atom. The molecule has 0 aliphatic carbocycles. The predicted octanol–water partition coefficient (Wildman–Crippen LogP) is 4.64. The summed E-state index contributed by atoms with van der Waals surface area (Å²) in [5.74, 6) is 2.31. The molecule has 1 aromatic carbocycles. The highest BCUT2D eigenvalue weighted by atomic mass is 32.2. The Balaban J connectivity index is 2.14. The summed E-state index contributed by atoms with van der Waals surface area (Å²) in [5, 5.41) is 0. The molecule has 0 unspecified atom stereocenters. The van der Waals surface area contributed by atoms with Crippen molar-refractivity contribution in [2.24, 2.45) is 0 Å². The molecule has 17 heavy (non-hydrogen) atoms. The molecule has 1 aliphatic rings. The van der Waals surface area contributed by atoms with Crippen LogP contribution in [0.4, 0.5) is 0 Å². The third-order valence-corrected chi connectivity index (χ3v) is 4.51. The molecule has 0 aromatic heterocycles. The number of benzene rings is 1. The molecular weight excluding hydrogens is 228 g/mol. The summed E-state index contributed by atoms with van der Waals surface area (Å²) in [6, 6.07) is 6.72. The minimum atomic E-state index is 0.264. The molecule has 0 spiro atoms. The van der Waals surface area contributed by atoms with Gasteiger partial charge in [-0.25, -0.2) is 0 Å². The first-order valence-corrected chi connectivity index (χ1v) is 7.52. The molecule has 2 heteroatoms. The highest BCUT2D eigenvalue weighted by Gasteiger charge is 2.28. The summed E-state index contributed by atoms with van der Waals surface area (Å²) in [6.45, 7) is 7.69. The van der Waals surface area contributed by atoms with E-state index in [0.717, 1.165) is 18.8 Å². The minimum Gasteiger partial charge on any atom is -0.493 e. The molecule has 94 valence electrons. The van der Waals surface area contributed by atoms with Crippen LogP contribution in [0.3, 0.4) is 0 Å². The van der Waals surface area contributed by atoms with Crippen molar-refractivity contribution in [3.05, 3.63) is 23.8 Å². The summed E-state index contributed by atoms with van der Waals surface area (Å²) in [4.78, 5) is 1.34. The van der Waals surface area contributed by atoms with Crippen LogP contribution in [0.2, 0.25) is 0 Å². The third-order valence-electron chi connectivity index (χ3n) is 3.43. The predicted molar refractivity (Wildman–Crippen MR) is 75.2 cm³/mol. The lowest BCUT2D eigenvalue weighted by molar-refractivity contribution is 0.233. The largest absolute Gasteiger partial charge is 0.493 e. The van der Waals surface area contributed by atoms with Crippen LogP contribution in [-0.4, -0.2) is 12.4 Å². The fourth-order valence-corrected chi connectivity index (χ4v) is 3.18. The van der Waals surface area contributed by atoms with Crippen molar-refractivity contribution >= 4 is 11.8 Å². The molecular formula is C15H22OS. The average Bonchev–Trinajstić information content (AvgIpc) is 2.29. The van der Waals surface area contributed by atoms with Crippen LogP contribution >= 0.6 is 11.8 Å². The van der Waals surface area contributed by atoms with E-state index in [0.29, 0.717) is 0 Å². The Morgan fingerprint density at radius 3 is 2.94 bits per heavy atom. The maximum atomic E-state index is 5.79. The van der Waals surface area contributed by atoms with E-state index >= 15 is 0 Å². The maximum Gasteiger partial charge on any atom is 0.124 e. The normalized spacial score (nSPS) is 17.4. The Kier molecular flexibility index (Phi) is 4.03. The molecule has 0 fully saturated rings. The van der Waals surface area contributed by atoms with Crippen molar-refractivity contribution in [2.45, 2.75) is 50.3 Å². The number of thioether (sulfide) groups is 1. The number of fused-ring (bicyclic) bond motifs is 1. The van der Waals surface area contributed by atoms with Gasteiger partial charge in [0.1, 0.15) is 5.75 Å². The van der Waals surface area contributed by atoms with E-state index in [1.807, 2.05) is 11.8 Å². The molecule has 0 saturated heterocycles. The van der Waals surface area contributed by atoms with Crippen LogP contribution in [0.5, 0.6) is 5.75 Å². The van der Waals surface area contributed by atoms with Crippen molar-refractivity contribution in [3.8, 4) is 5.75 Å². The smallest absolute Gasteiger partial charge is 0.124 e. The molecule has 0 atom stereocenters. The molecule has 0 N–H and O–H groups in total. The standard InChI is InChI=1S/C15H22OS/c1-4-5-10-17-12-6-7-13-14(11-12)16-9-8-15(13,2)3/h6-7,11H,4-5,8-10H2,1-3H3. The monoisotopic (exact) mass is 250 g/mol. The van der Waals surface area contributed by atoms with E-state index < -0.39 is 0 Å². The van der Waals surface area contributed by atoms with Gasteiger partial charge < -0.3 is 4.74 Å². The number of hydrogen-bond acceptors (Lipinski definition) is 2. The van der Waals surface area contributed by atoms with Gasteiger partial charge in [0, 0.05) is 4.90 Å². The lowest BCUT2D eigenvalue weighted by atomic mass is 9.80. The fraction of sp³-hybridized carbons (Fsp3) is 0.600. The van der Waals surface area contributed by atoms with Crippen molar-refractivity contribution in [2.75, 3.05) is 12.4 Å². The van der Waals surface area contributed by atoms with Gasteiger partial charge >= 0.3 is 0 Å². The molecule has 0 saturated carbocycles. The number of rotatable bonds is 4. The van der Waals surface area contributed by atoms with Gasteiger partial charge in [0.05, 0.1) is 6.61 Å². The topological polar surface area (TPSA) is 9.23 Å². The molecule has 1 aromatic rings. The molecule has 1 aliphatic heterocycles. The Bertz CT molecular complexity index is 385. The highest BCUT2D eigenvalue weighted by Crippen LogP contribution is 2.40. The first-order valence-electron chi connectivity index (χ1n) is 6.53. The van der Waals surface area contributed by atoms with Gasteiger partial charge in [-0.15, -0.1) is 11.8 Å². The van der Waals surface area contributed by atoms with E-state index in [4.69, 9.17) is 4.74 Å². The van der Waals surface area contributed by atoms with Crippen molar-refractivity contribution in [1.82, 2.24) is 0 Å². The summed E-state index contributed by atoms with van der Waals surface area (Å²) >= 11 is 1.94. The maximum absolute atomic E-state index is 5.79. The summed E-state index contributed by atoms with van der Waals surface area (Å²) in [6.07, 6.45) is 3.66. The van der Waals surface area contributed by atoms with E-state index in [1.54, 1.807) is 0 Å². The lowest BCUT2D eigenvalue weighted by Crippen LogP contribution is -2.26. The van der Waals surface area contributed by atoms with Gasteiger partial charge in [-0.3, -0.25) is 0 Å². The van der Waals surface area contributed by atoms with Crippen molar-refractivity contribution < 1.29 is 4.74 Å². The van der Waals surface area contributed by atoms with E-state index in [9.17, 15) is 0 Å². The van der Waals surface area contributed by atoms with Gasteiger partial charge in [-0.2, -0.15) is 0 Å². The zero-order valence-corrected chi connectivity index (χ0v) is 11.9. The molecule has 0 amide bonds. The van der Waals surface area contributed by atoms with Gasteiger partial charge in [-0.05, 0) is 41.7 Å². The van der Waals surface area contributed by atoms with E-state index in [1.165, 1.54) is 29.1 Å². The molecule has 2 rings (SSSR count). The fourth-order valence-electron chi connectivity index (χ4n) is 2.16. The minimum absolute atomic E-state index is 0.264. The van der Waals surface area contributed by atoms with Gasteiger partial charge in [0.2, 0.25) is 0 Å². The van der Waals surface area contributed by atoms with Crippen LogP contribution in [-0.2, 0) is 5.41 Å². The Labute approximate surface area is 109 Å². The van der Waals surface area contributed by atoms with Crippen molar-refractivity contribution in [1.29, 1.82) is 0 Å². The van der Waals surface area contributed by atoms with E-state index in [2.05, 4.69) is 39.0 Å². The van der Waals surface area contributed by atoms with Crippen LogP contribution in [0, 0.1) is 0 Å². The molecule has 1 nitrogen and oxygen atoms in total. The second-order valence-electron chi connectivity index (χ2n) is 5.34. The number of unbranched alkanes of at least 4 members (excludes halogenated alkanes) is 1. The van der Waals surface area contributed by atoms with Crippen LogP contribution in [0.1, 0.15) is 45.6 Å². The third kappa shape index (κ3) is 2.98. The number of ether oxygens (including phenoxy) is 1. The first-order chi connectivity index (χ1) is 8.13. The van der Waals surface area contributed by atoms with Crippen molar-refractivity contribution in [3.63, 3.8) is 0 Å². The number of hydrogen-bond donors (Lipinski definition) is 0. The SMILES string of the molecule is CCCCSc1ccc2c(c1)OCCC2(C)C. The Hall–Kier alpha value is -0.630. The highest BCUT2D eigenvalue weighted by molar-refractivity contribution is 7.99. The van der Waals surface area contributed by atoms with Gasteiger partial charge in [0.15, 0.2) is 0 Å². The quantitative estimate of drug-likeness (QED) is 0.569. The second kappa shape index (κ2) is 5.34. The molecule has 0 bridgehead atoms. The van der Waals surface area contributed by atoms with Crippen LogP contribution in [0.15, 0.2) is 23.1 Å². The second-order valence-corrected chi connectivity index (χ2v) is 6.51. The molecule has 1 heterocycles. The summed E-state index contributed by atoms with van der Waals surface area (Å²) < 4.78 is 5.79.